The Labute approximate surface area is 116 Å². The molecule has 1 aliphatic heterocycles. The van der Waals surface area contributed by atoms with Crippen molar-refractivity contribution in [1.29, 1.82) is 0 Å². The molecule has 1 aromatic rings. The van der Waals surface area contributed by atoms with Gasteiger partial charge in [-0.05, 0) is 13.0 Å². The number of hydrogen-bond acceptors (Lipinski definition) is 5. The number of nitrogens with one attached hydrogen (secondary N) is 1. The first-order chi connectivity index (χ1) is 8.96. The number of aromatic nitrogens is 2. The van der Waals surface area contributed by atoms with Crippen LogP contribution < -0.4 is 10.2 Å². The van der Waals surface area contributed by atoms with Crippen LogP contribution >= 0.6 is 0 Å². The minimum atomic E-state index is -1.01. The molecular formula is C13H24N4OSi. The number of aryl methyl sites for hydroxylation is 1. The molecule has 0 spiro atoms. The number of anilines is 2. The number of fused-ring (bicyclic) bond motifs is 1. The molecule has 2 heterocycles. The van der Waals surface area contributed by atoms with Gasteiger partial charge in [0.25, 0.3) is 0 Å². The van der Waals surface area contributed by atoms with Gasteiger partial charge in [0.05, 0.1) is 11.9 Å². The monoisotopic (exact) mass is 280 g/mol. The second kappa shape index (κ2) is 5.88. The molecule has 106 valence electrons. The zero-order valence-electron chi connectivity index (χ0n) is 12.4. The second-order valence-corrected chi connectivity index (χ2v) is 11.8. The minimum Gasteiger partial charge on any atom is -0.365 e. The third-order valence-corrected chi connectivity index (χ3v) is 4.79. The first-order valence-corrected chi connectivity index (χ1v) is 10.6. The van der Waals surface area contributed by atoms with Crippen molar-refractivity contribution in [1.82, 2.24) is 9.97 Å². The van der Waals surface area contributed by atoms with Gasteiger partial charge >= 0.3 is 0 Å². The Bertz CT molecular complexity index is 433. The third-order valence-electron chi connectivity index (χ3n) is 3.09. The maximum atomic E-state index is 5.80. The molecule has 0 aliphatic carbocycles. The van der Waals surface area contributed by atoms with Crippen LogP contribution in [0.2, 0.25) is 25.7 Å². The predicted molar refractivity (Wildman–Crippen MR) is 81.6 cm³/mol. The molecule has 2 rings (SSSR count). The first kappa shape index (κ1) is 14.3. The van der Waals surface area contributed by atoms with Crippen molar-refractivity contribution in [2.75, 3.05) is 36.6 Å². The average molecular weight is 280 g/mol. The Balaban J connectivity index is 1.89. The van der Waals surface area contributed by atoms with Gasteiger partial charge in [-0.2, -0.15) is 0 Å². The summed E-state index contributed by atoms with van der Waals surface area (Å²) in [6, 6.07) is 1.20. The number of rotatable bonds is 5. The molecule has 1 aliphatic rings. The Morgan fingerprint density at radius 1 is 1.42 bits per heavy atom. The highest BCUT2D eigenvalue weighted by molar-refractivity contribution is 6.76. The minimum absolute atomic E-state index is 0.608. The molecule has 0 amide bonds. The van der Waals surface area contributed by atoms with Gasteiger partial charge in [0.15, 0.2) is 11.6 Å². The standard InChI is InChI=1S/C13H24N4OSi/c1-11-9-15-13-12(16-11)14-5-6-17(13)10-18-7-8-19(2,3)4/h9H,5-8,10H2,1-4H3,(H,14,16). The molecule has 0 fully saturated rings. The quantitative estimate of drug-likeness (QED) is 0.662. The van der Waals surface area contributed by atoms with E-state index in [2.05, 4.69) is 39.8 Å². The van der Waals surface area contributed by atoms with Crippen LogP contribution in [-0.4, -0.2) is 44.5 Å². The summed E-state index contributed by atoms with van der Waals surface area (Å²) >= 11 is 0. The molecule has 0 saturated carbocycles. The molecule has 19 heavy (non-hydrogen) atoms. The van der Waals surface area contributed by atoms with Crippen LogP contribution in [0.3, 0.4) is 0 Å². The van der Waals surface area contributed by atoms with Crippen LogP contribution in [0.25, 0.3) is 0 Å². The molecule has 0 aromatic carbocycles. The van der Waals surface area contributed by atoms with E-state index in [0.717, 1.165) is 37.0 Å². The van der Waals surface area contributed by atoms with E-state index < -0.39 is 8.07 Å². The van der Waals surface area contributed by atoms with Crippen molar-refractivity contribution in [3.63, 3.8) is 0 Å². The summed E-state index contributed by atoms with van der Waals surface area (Å²) < 4.78 is 5.80. The largest absolute Gasteiger partial charge is 0.365 e. The van der Waals surface area contributed by atoms with Crippen LogP contribution in [0, 0.1) is 6.92 Å². The lowest BCUT2D eigenvalue weighted by atomic mass is 10.3. The van der Waals surface area contributed by atoms with E-state index in [-0.39, 0.29) is 0 Å². The van der Waals surface area contributed by atoms with Crippen molar-refractivity contribution in [3.8, 4) is 0 Å². The number of ether oxygens (including phenoxy) is 1. The highest BCUT2D eigenvalue weighted by Gasteiger charge is 2.19. The Hall–Kier alpha value is -1.14. The zero-order valence-corrected chi connectivity index (χ0v) is 13.4. The SMILES string of the molecule is Cc1cnc2c(n1)NCCN2COCC[Si](C)(C)C. The lowest BCUT2D eigenvalue weighted by Gasteiger charge is -2.30. The van der Waals surface area contributed by atoms with Crippen LogP contribution in [0.5, 0.6) is 0 Å². The zero-order chi connectivity index (χ0) is 13.9. The van der Waals surface area contributed by atoms with Crippen LogP contribution in [-0.2, 0) is 4.74 Å². The van der Waals surface area contributed by atoms with Gasteiger partial charge in [0, 0.05) is 27.8 Å². The molecule has 6 heteroatoms. The molecule has 1 aromatic heterocycles. The molecule has 1 N–H and O–H groups in total. The summed E-state index contributed by atoms with van der Waals surface area (Å²) in [7, 11) is -1.01. The summed E-state index contributed by atoms with van der Waals surface area (Å²) in [5.74, 6) is 1.78. The highest BCUT2D eigenvalue weighted by Crippen LogP contribution is 2.24. The summed E-state index contributed by atoms with van der Waals surface area (Å²) in [5, 5.41) is 3.28. The fourth-order valence-corrected chi connectivity index (χ4v) is 2.67. The van der Waals surface area contributed by atoms with E-state index in [0.29, 0.717) is 6.73 Å². The van der Waals surface area contributed by atoms with Crippen molar-refractivity contribution in [3.05, 3.63) is 11.9 Å². The molecule has 0 radical (unpaired) electrons. The molecule has 0 unspecified atom stereocenters. The average Bonchev–Trinajstić information content (AvgIpc) is 2.33. The van der Waals surface area contributed by atoms with E-state index in [1.54, 1.807) is 6.20 Å². The first-order valence-electron chi connectivity index (χ1n) is 6.86. The Kier molecular flexibility index (Phi) is 4.41. The van der Waals surface area contributed by atoms with Crippen molar-refractivity contribution >= 4 is 19.7 Å². The lowest BCUT2D eigenvalue weighted by Crippen LogP contribution is -2.37. The normalized spacial score (nSPS) is 15.1. The summed E-state index contributed by atoms with van der Waals surface area (Å²) in [4.78, 5) is 11.1. The topological polar surface area (TPSA) is 50.3 Å². The second-order valence-electron chi connectivity index (χ2n) is 6.22. The van der Waals surface area contributed by atoms with Crippen molar-refractivity contribution in [2.24, 2.45) is 0 Å². The van der Waals surface area contributed by atoms with Crippen molar-refractivity contribution in [2.45, 2.75) is 32.6 Å². The smallest absolute Gasteiger partial charge is 0.173 e. The molecule has 0 saturated heterocycles. The molecule has 0 bridgehead atoms. The predicted octanol–water partition coefficient (Wildman–Crippen LogP) is 2.33. The molecule has 0 atom stereocenters. The maximum Gasteiger partial charge on any atom is 0.173 e. The molecule has 5 nitrogen and oxygen atoms in total. The van der Waals surface area contributed by atoms with E-state index in [1.807, 2.05) is 6.92 Å². The van der Waals surface area contributed by atoms with E-state index in [1.165, 1.54) is 6.04 Å². The van der Waals surface area contributed by atoms with Crippen molar-refractivity contribution < 1.29 is 4.74 Å². The van der Waals surface area contributed by atoms with Gasteiger partial charge in [0.2, 0.25) is 0 Å². The van der Waals surface area contributed by atoms with Gasteiger partial charge in [0.1, 0.15) is 6.73 Å². The van der Waals surface area contributed by atoms with Gasteiger partial charge in [-0.25, -0.2) is 9.97 Å². The summed E-state index contributed by atoms with van der Waals surface area (Å²) in [5.41, 5.74) is 0.938. The third kappa shape index (κ3) is 4.17. The fraction of sp³-hybridized carbons (Fsp3) is 0.692. The van der Waals surface area contributed by atoms with Gasteiger partial charge < -0.3 is 15.0 Å². The van der Waals surface area contributed by atoms with Crippen LogP contribution in [0.1, 0.15) is 5.69 Å². The van der Waals surface area contributed by atoms with Gasteiger partial charge in [-0.15, -0.1) is 0 Å². The van der Waals surface area contributed by atoms with E-state index in [9.17, 15) is 0 Å². The Morgan fingerprint density at radius 3 is 2.95 bits per heavy atom. The molecular weight excluding hydrogens is 256 g/mol. The highest BCUT2D eigenvalue weighted by atomic mass is 28.3. The van der Waals surface area contributed by atoms with Crippen LogP contribution in [0.15, 0.2) is 6.20 Å². The Morgan fingerprint density at radius 2 is 2.21 bits per heavy atom. The maximum absolute atomic E-state index is 5.80. The number of hydrogen-bond donors (Lipinski definition) is 1. The summed E-state index contributed by atoms with van der Waals surface area (Å²) in [6.45, 7) is 12.3. The fourth-order valence-electron chi connectivity index (χ4n) is 1.91. The van der Waals surface area contributed by atoms with Crippen LogP contribution in [0.4, 0.5) is 11.6 Å². The van der Waals surface area contributed by atoms with Gasteiger partial charge in [-0.3, -0.25) is 0 Å². The van der Waals surface area contributed by atoms with E-state index in [4.69, 9.17) is 4.74 Å². The van der Waals surface area contributed by atoms with Gasteiger partial charge in [-0.1, -0.05) is 19.6 Å². The van der Waals surface area contributed by atoms with E-state index >= 15 is 0 Å². The number of nitrogens with zero attached hydrogens (tertiary/aromatic N) is 3. The summed E-state index contributed by atoms with van der Waals surface area (Å²) in [6.07, 6.45) is 1.81. The lowest BCUT2D eigenvalue weighted by molar-refractivity contribution is 0.146.